The van der Waals surface area contributed by atoms with Gasteiger partial charge in [-0.15, -0.1) is 11.3 Å². The summed E-state index contributed by atoms with van der Waals surface area (Å²) in [4.78, 5) is 36.0. The van der Waals surface area contributed by atoms with E-state index in [9.17, 15) is 9.59 Å². The summed E-state index contributed by atoms with van der Waals surface area (Å²) in [6, 6.07) is 22.5. The molecular formula is C33H40N4O2S. The van der Waals surface area contributed by atoms with E-state index in [0.29, 0.717) is 12.1 Å². The van der Waals surface area contributed by atoms with Gasteiger partial charge in [0, 0.05) is 55.8 Å². The molecule has 6 rings (SSSR count). The quantitative estimate of drug-likeness (QED) is 0.364. The van der Waals surface area contributed by atoms with Crippen molar-refractivity contribution in [3.8, 4) is 0 Å². The van der Waals surface area contributed by atoms with Crippen molar-refractivity contribution in [1.82, 2.24) is 20.0 Å². The normalized spacial score (nSPS) is 22.4. The highest BCUT2D eigenvalue weighted by atomic mass is 32.1. The number of thiophene rings is 1. The Labute approximate surface area is 242 Å². The zero-order chi connectivity index (χ0) is 27.3. The van der Waals surface area contributed by atoms with Crippen LogP contribution in [0.1, 0.15) is 70.4 Å². The minimum absolute atomic E-state index is 0.0361. The van der Waals surface area contributed by atoms with E-state index in [1.807, 2.05) is 30.3 Å². The minimum atomic E-state index is -0.394. The van der Waals surface area contributed by atoms with Crippen molar-refractivity contribution < 1.29 is 9.59 Å². The maximum absolute atomic E-state index is 13.9. The van der Waals surface area contributed by atoms with Crippen molar-refractivity contribution in [2.75, 3.05) is 39.3 Å². The van der Waals surface area contributed by atoms with Crippen molar-refractivity contribution >= 4 is 23.2 Å². The zero-order valence-electron chi connectivity index (χ0n) is 23.2. The van der Waals surface area contributed by atoms with Crippen LogP contribution < -0.4 is 5.32 Å². The Kier molecular flexibility index (Phi) is 8.61. The molecule has 1 saturated carbocycles. The standard InChI is InChI=1S/C33H40N4O2S/c38-32(34-17-9-18-35-19-21-36(22-20-35)24-25-10-2-1-3-11-25)30-27-14-6-7-15-28(27)33(39)37(26-12-4-5-13-26)31(30)29-16-8-23-40-29/h1-3,6-8,10-11,14-16,23,26,30-31H,4-5,9,12-13,17-22,24H2,(H,34,38)/t30-,31+/m1/s1. The molecule has 2 atom stereocenters. The first-order valence-electron chi connectivity index (χ1n) is 14.9. The van der Waals surface area contributed by atoms with Crippen LogP contribution in [0, 0.1) is 0 Å². The molecule has 2 amide bonds. The van der Waals surface area contributed by atoms with Gasteiger partial charge in [-0.3, -0.25) is 14.5 Å². The molecule has 7 heteroatoms. The van der Waals surface area contributed by atoms with Crippen molar-refractivity contribution in [1.29, 1.82) is 0 Å². The fraction of sp³-hybridized carbons (Fsp3) is 0.455. The first-order chi connectivity index (χ1) is 19.7. The Balaban J connectivity index is 1.09. The van der Waals surface area contributed by atoms with Gasteiger partial charge in [0.25, 0.3) is 5.91 Å². The third kappa shape index (κ3) is 5.87. The molecule has 0 radical (unpaired) electrons. The summed E-state index contributed by atoms with van der Waals surface area (Å²) >= 11 is 1.65. The average molecular weight is 557 g/mol. The first-order valence-corrected chi connectivity index (χ1v) is 15.8. The van der Waals surface area contributed by atoms with Gasteiger partial charge in [0.1, 0.15) is 0 Å². The van der Waals surface area contributed by atoms with Crippen LogP contribution in [-0.4, -0.2) is 71.8 Å². The Morgan fingerprint density at radius 3 is 2.35 bits per heavy atom. The predicted molar refractivity (Wildman–Crippen MR) is 160 cm³/mol. The molecule has 3 heterocycles. The topological polar surface area (TPSA) is 55.9 Å². The van der Waals surface area contributed by atoms with E-state index < -0.39 is 5.92 Å². The molecule has 2 aliphatic heterocycles. The van der Waals surface area contributed by atoms with E-state index in [4.69, 9.17) is 0 Å². The Bertz CT molecular complexity index is 1270. The van der Waals surface area contributed by atoms with Crippen molar-refractivity contribution in [2.24, 2.45) is 0 Å². The SMILES string of the molecule is O=C(NCCCN1CCN(Cc2ccccc2)CC1)[C@@H]1c2ccccc2C(=O)N(C2CCCC2)[C@H]1c1cccs1. The Morgan fingerprint density at radius 1 is 0.875 bits per heavy atom. The molecule has 0 unspecified atom stereocenters. The summed E-state index contributed by atoms with van der Waals surface area (Å²) in [5.41, 5.74) is 2.93. The van der Waals surface area contributed by atoms with Crippen LogP contribution >= 0.6 is 11.3 Å². The Morgan fingerprint density at radius 2 is 1.60 bits per heavy atom. The molecule has 2 fully saturated rings. The van der Waals surface area contributed by atoms with Gasteiger partial charge < -0.3 is 15.1 Å². The summed E-state index contributed by atoms with van der Waals surface area (Å²) < 4.78 is 0. The second-order valence-electron chi connectivity index (χ2n) is 11.4. The molecule has 0 bridgehead atoms. The molecule has 40 heavy (non-hydrogen) atoms. The first kappa shape index (κ1) is 27.2. The molecule has 1 aromatic heterocycles. The monoisotopic (exact) mass is 556 g/mol. The molecule has 3 aromatic rings. The molecule has 0 spiro atoms. The average Bonchev–Trinajstić information content (AvgIpc) is 3.72. The van der Waals surface area contributed by atoms with Gasteiger partial charge in [0.15, 0.2) is 0 Å². The lowest BCUT2D eigenvalue weighted by Crippen LogP contribution is -2.51. The highest BCUT2D eigenvalue weighted by Crippen LogP contribution is 2.47. The number of rotatable bonds is 9. The molecule has 1 N–H and O–H groups in total. The van der Waals surface area contributed by atoms with Crippen molar-refractivity contribution in [2.45, 2.75) is 56.7 Å². The van der Waals surface area contributed by atoms with E-state index in [1.54, 1.807) is 11.3 Å². The van der Waals surface area contributed by atoms with Crippen LogP contribution in [0.15, 0.2) is 72.1 Å². The highest BCUT2D eigenvalue weighted by molar-refractivity contribution is 7.10. The van der Waals surface area contributed by atoms with Gasteiger partial charge in [-0.25, -0.2) is 0 Å². The number of nitrogens with zero attached hydrogens (tertiary/aromatic N) is 3. The number of hydrogen-bond acceptors (Lipinski definition) is 5. The van der Waals surface area contributed by atoms with Crippen LogP contribution in [0.5, 0.6) is 0 Å². The summed E-state index contributed by atoms with van der Waals surface area (Å²) in [5.74, 6) is -0.278. The number of benzene rings is 2. The van der Waals surface area contributed by atoms with Crippen LogP contribution in [0.3, 0.4) is 0 Å². The van der Waals surface area contributed by atoms with E-state index in [-0.39, 0.29) is 23.9 Å². The molecule has 2 aromatic carbocycles. The summed E-state index contributed by atoms with van der Waals surface area (Å²) in [5, 5.41) is 5.34. The summed E-state index contributed by atoms with van der Waals surface area (Å²) in [6.07, 6.45) is 5.24. The van der Waals surface area contributed by atoms with Crippen molar-refractivity contribution in [3.05, 3.63) is 93.7 Å². The van der Waals surface area contributed by atoms with E-state index >= 15 is 0 Å². The second kappa shape index (κ2) is 12.7. The fourth-order valence-corrected chi connectivity index (χ4v) is 7.68. The van der Waals surface area contributed by atoms with Crippen molar-refractivity contribution in [3.63, 3.8) is 0 Å². The van der Waals surface area contributed by atoms with Gasteiger partial charge in [-0.05, 0) is 54.4 Å². The lowest BCUT2D eigenvalue weighted by atomic mass is 9.80. The number of hydrogen-bond donors (Lipinski definition) is 1. The summed E-state index contributed by atoms with van der Waals surface area (Å²) in [6.45, 7) is 6.93. The zero-order valence-corrected chi connectivity index (χ0v) is 24.0. The van der Waals surface area contributed by atoms with Gasteiger partial charge in [-0.2, -0.15) is 0 Å². The molecule has 6 nitrogen and oxygen atoms in total. The lowest BCUT2D eigenvalue weighted by molar-refractivity contribution is -0.124. The summed E-state index contributed by atoms with van der Waals surface area (Å²) in [7, 11) is 0. The third-order valence-electron chi connectivity index (χ3n) is 8.88. The van der Waals surface area contributed by atoms with Gasteiger partial charge in [-0.1, -0.05) is 67.4 Å². The largest absolute Gasteiger partial charge is 0.355 e. The predicted octanol–water partition coefficient (Wildman–Crippen LogP) is 5.30. The third-order valence-corrected chi connectivity index (χ3v) is 9.82. The number of fused-ring (bicyclic) bond motifs is 1. The molecule has 210 valence electrons. The maximum atomic E-state index is 13.9. The lowest BCUT2D eigenvalue weighted by Gasteiger charge is -2.44. The highest BCUT2D eigenvalue weighted by Gasteiger charge is 2.47. The van der Waals surface area contributed by atoms with E-state index in [0.717, 1.165) is 81.8 Å². The number of amides is 2. The van der Waals surface area contributed by atoms with E-state index in [1.165, 1.54) is 5.56 Å². The number of nitrogens with one attached hydrogen (secondary N) is 1. The van der Waals surface area contributed by atoms with Crippen LogP contribution in [0.4, 0.5) is 0 Å². The van der Waals surface area contributed by atoms with Gasteiger partial charge >= 0.3 is 0 Å². The Hall–Kier alpha value is -3.00. The number of piperazine rings is 1. The maximum Gasteiger partial charge on any atom is 0.254 e. The fourth-order valence-electron chi connectivity index (χ4n) is 6.82. The molecule has 1 aliphatic carbocycles. The second-order valence-corrected chi connectivity index (χ2v) is 12.4. The molecule has 3 aliphatic rings. The smallest absolute Gasteiger partial charge is 0.254 e. The number of carbonyl (C=O) groups excluding carboxylic acids is 2. The van der Waals surface area contributed by atoms with E-state index in [2.05, 4.69) is 61.8 Å². The molecule has 1 saturated heterocycles. The van der Waals surface area contributed by atoms with Crippen LogP contribution in [0.2, 0.25) is 0 Å². The minimum Gasteiger partial charge on any atom is -0.355 e. The molecular weight excluding hydrogens is 516 g/mol. The number of carbonyl (C=O) groups is 2. The van der Waals surface area contributed by atoms with Gasteiger partial charge in [0.05, 0.1) is 12.0 Å². The van der Waals surface area contributed by atoms with Crippen LogP contribution in [0.25, 0.3) is 0 Å². The van der Waals surface area contributed by atoms with Crippen LogP contribution in [-0.2, 0) is 11.3 Å². The van der Waals surface area contributed by atoms with Gasteiger partial charge in [0.2, 0.25) is 5.91 Å².